The Morgan fingerprint density at radius 1 is 1.24 bits per heavy atom. The molecule has 2 aromatic rings. The lowest BCUT2D eigenvalue weighted by Crippen LogP contribution is -2.20. The van der Waals surface area contributed by atoms with Gasteiger partial charge in [-0.05, 0) is 31.7 Å². The Morgan fingerprint density at radius 3 is 2.53 bits per heavy atom. The lowest BCUT2D eigenvalue weighted by atomic mass is 10.1. The number of aromatic nitrogens is 2. The van der Waals surface area contributed by atoms with E-state index in [9.17, 15) is 0 Å². The molecule has 0 aliphatic rings. The van der Waals surface area contributed by atoms with Gasteiger partial charge in [-0.1, -0.05) is 6.92 Å². The minimum atomic E-state index is 0.194. The Morgan fingerprint density at radius 2 is 1.94 bits per heavy atom. The van der Waals surface area contributed by atoms with Crippen molar-refractivity contribution < 1.29 is 0 Å². The SMILES string of the molecule is CCc1ccc(CC(NC)c2ncccn2)s1. The molecule has 2 rings (SSSR count). The number of hydrogen-bond acceptors (Lipinski definition) is 4. The fourth-order valence-corrected chi connectivity index (χ4v) is 2.74. The number of nitrogens with zero attached hydrogens (tertiary/aromatic N) is 2. The van der Waals surface area contributed by atoms with E-state index < -0.39 is 0 Å². The van der Waals surface area contributed by atoms with E-state index in [2.05, 4.69) is 34.3 Å². The summed E-state index contributed by atoms with van der Waals surface area (Å²) in [4.78, 5) is 11.4. The Hall–Kier alpha value is -1.26. The molecule has 0 fully saturated rings. The molecule has 0 bridgehead atoms. The lowest BCUT2D eigenvalue weighted by molar-refractivity contribution is 0.561. The van der Waals surface area contributed by atoms with Gasteiger partial charge in [0, 0.05) is 28.6 Å². The van der Waals surface area contributed by atoms with Gasteiger partial charge in [-0.2, -0.15) is 0 Å². The van der Waals surface area contributed by atoms with Crippen LogP contribution in [0.2, 0.25) is 0 Å². The number of aryl methyl sites for hydroxylation is 1. The second kappa shape index (κ2) is 5.89. The minimum Gasteiger partial charge on any atom is -0.310 e. The number of thiophene rings is 1. The molecular weight excluding hydrogens is 230 g/mol. The van der Waals surface area contributed by atoms with Crippen LogP contribution in [0.1, 0.15) is 28.5 Å². The molecule has 0 radical (unpaired) electrons. The highest BCUT2D eigenvalue weighted by atomic mass is 32.1. The smallest absolute Gasteiger partial charge is 0.145 e. The maximum atomic E-state index is 4.30. The predicted octanol–water partition coefficient (Wildman–Crippen LogP) is 2.60. The van der Waals surface area contributed by atoms with Crippen LogP contribution in [-0.2, 0) is 12.8 Å². The molecule has 0 aliphatic heterocycles. The molecule has 1 atom stereocenters. The number of hydrogen-bond donors (Lipinski definition) is 1. The Kier molecular flexibility index (Phi) is 4.23. The summed E-state index contributed by atoms with van der Waals surface area (Å²) in [6, 6.07) is 6.45. The summed E-state index contributed by atoms with van der Waals surface area (Å²) in [7, 11) is 1.95. The molecule has 0 aliphatic carbocycles. The molecular formula is C13H17N3S. The Labute approximate surface area is 106 Å². The first-order chi connectivity index (χ1) is 8.33. The molecule has 90 valence electrons. The van der Waals surface area contributed by atoms with Gasteiger partial charge >= 0.3 is 0 Å². The maximum Gasteiger partial charge on any atom is 0.145 e. The van der Waals surface area contributed by atoms with Crippen molar-refractivity contribution in [1.29, 1.82) is 0 Å². The van der Waals surface area contributed by atoms with Crippen LogP contribution in [0, 0.1) is 0 Å². The van der Waals surface area contributed by atoms with Crippen LogP contribution in [0.15, 0.2) is 30.6 Å². The first-order valence-corrected chi connectivity index (χ1v) is 6.67. The summed E-state index contributed by atoms with van der Waals surface area (Å²) in [5.74, 6) is 0.862. The standard InChI is InChI=1S/C13H17N3S/c1-3-10-5-6-11(17-10)9-12(14-2)13-15-7-4-8-16-13/h4-8,12,14H,3,9H2,1-2H3. The molecule has 2 heterocycles. The van der Waals surface area contributed by atoms with Gasteiger partial charge in [0.1, 0.15) is 5.82 Å². The third-order valence-corrected chi connectivity index (χ3v) is 3.97. The van der Waals surface area contributed by atoms with Gasteiger partial charge in [0.2, 0.25) is 0 Å². The van der Waals surface area contributed by atoms with Gasteiger partial charge in [0.05, 0.1) is 6.04 Å². The number of nitrogens with one attached hydrogen (secondary N) is 1. The largest absolute Gasteiger partial charge is 0.310 e. The van der Waals surface area contributed by atoms with E-state index in [1.165, 1.54) is 9.75 Å². The summed E-state index contributed by atoms with van der Waals surface area (Å²) in [5, 5.41) is 3.28. The monoisotopic (exact) mass is 247 g/mol. The van der Waals surface area contributed by atoms with Crippen LogP contribution < -0.4 is 5.32 Å². The summed E-state index contributed by atoms with van der Waals surface area (Å²) < 4.78 is 0. The molecule has 17 heavy (non-hydrogen) atoms. The summed E-state index contributed by atoms with van der Waals surface area (Å²) in [6.07, 6.45) is 5.64. The quantitative estimate of drug-likeness (QED) is 0.882. The topological polar surface area (TPSA) is 37.8 Å². The Bertz CT molecular complexity index is 453. The van der Waals surface area contributed by atoms with Crippen LogP contribution in [0.3, 0.4) is 0 Å². The van der Waals surface area contributed by atoms with Gasteiger partial charge in [0.25, 0.3) is 0 Å². The van der Waals surface area contributed by atoms with Gasteiger partial charge in [-0.15, -0.1) is 11.3 Å². The number of rotatable bonds is 5. The van der Waals surface area contributed by atoms with Gasteiger partial charge in [-0.3, -0.25) is 0 Å². The molecule has 0 amide bonds. The van der Waals surface area contributed by atoms with E-state index in [0.29, 0.717) is 0 Å². The third-order valence-electron chi connectivity index (χ3n) is 2.72. The maximum absolute atomic E-state index is 4.30. The van der Waals surface area contributed by atoms with E-state index in [1.807, 2.05) is 24.5 Å². The van der Waals surface area contributed by atoms with Gasteiger partial charge in [0.15, 0.2) is 0 Å². The highest BCUT2D eigenvalue weighted by molar-refractivity contribution is 7.11. The average molecular weight is 247 g/mol. The Balaban J connectivity index is 2.10. The van der Waals surface area contributed by atoms with Crippen LogP contribution in [0.5, 0.6) is 0 Å². The molecule has 1 unspecified atom stereocenters. The van der Waals surface area contributed by atoms with E-state index in [4.69, 9.17) is 0 Å². The number of likely N-dealkylation sites (N-methyl/N-ethyl adjacent to an activating group) is 1. The van der Waals surface area contributed by atoms with Crippen molar-refractivity contribution >= 4 is 11.3 Å². The fourth-order valence-electron chi connectivity index (χ4n) is 1.74. The molecule has 4 heteroatoms. The highest BCUT2D eigenvalue weighted by Crippen LogP contribution is 2.22. The molecule has 2 aromatic heterocycles. The van der Waals surface area contributed by atoms with E-state index >= 15 is 0 Å². The average Bonchev–Trinajstić information content (AvgIpc) is 2.84. The zero-order valence-electron chi connectivity index (χ0n) is 10.2. The second-order valence-electron chi connectivity index (χ2n) is 3.87. The van der Waals surface area contributed by atoms with Crippen molar-refractivity contribution in [3.63, 3.8) is 0 Å². The van der Waals surface area contributed by atoms with E-state index in [0.717, 1.165) is 18.7 Å². The third kappa shape index (κ3) is 3.11. The first-order valence-electron chi connectivity index (χ1n) is 5.85. The second-order valence-corrected chi connectivity index (χ2v) is 5.13. The van der Waals surface area contributed by atoms with Crippen molar-refractivity contribution in [2.45, 2.75) is 25.8 Å². The van der Waals surface area contributed by atoms with Gasteiger partial charge < -0.3 is 5.32 Å². The van der Waals surface area contributed by atoms with Gasteiger partial charge in [-0.25, -0.2) is 9.97 Å². The zero-order valence-corrected chi connectivity index (χ0v) is 11.0. The van der Waals surface area contributed by atoms with Crippen LogP contribution >= 0.6 is 11.3 Å². The van der Waals surface area contributed by atoms with Crippen LogP contribution in [0.4, 0.5) is 0 Å². The summed E-state index contributed by atoms with van der Waals surface area (Å²) in [6.45, 7) is 2.19. The van der Waals surface area contributed by atoms with Crippen molar-refractivity contribution in [2.24, 2.45) is 0 Å². The van der Waals surface area contributed by atoms with Crippen molar-refractivity contribution in [2.75, 3.05) is 7.05 Å². The fraction of sp³-hybridized carbons (Fsp3) is 0.385. The zero-order chi connectivity index (χ0) is 12.1. The molecule has 0 aromatic carbocycles. The summed E-state index contributed by atoms with van der Waals surface area (Å²) >= 11 is 1.88. The van der Waals surface area contributed by atoms with Crippen molar-refractivity contribution in [3.8, 4) is 0 Å². The molecule has 1 N–H and O–H groups in total. The van der Waals surface area contributed by atoms with Crippen molar-refractivity contribution in [1.82, 2.24) is 15.3 Å². The van der Waals surface area contributed by atoms with Crippen molar-refractivity contribution in [3.05, 3.63) is 46.2 Å². The van der Waals surface area contributed by atoms with E-state index in [-0.39, 0.29) is 6.04 Å². The minimum absolute atomic E-state index is 0.194. The highest BCUT2D eigenvalue weighted by Gasteiger charge is 2.13. The van der Waals surface area contributed by atoms with Crippen LogP contribution in [-0.4, -0.2) is 17.0 Å². The predicted molar refractivity (Wildman–Crippen MR) is 71.2 cm³/mol. The molecule has 3 nitrogen and oxygen atoms in total. The molecule has 0 spiro atoms. The lowest BCUT2D eigenvalue weighted by Gasteiger charge is -2.13. The summed E-state index contributed by atoms with van der Waals surface area (Å²) in [5.41, 5.74) is 0. The van der Waals surface area contributed by atoms with Crippen LogP contribution in [0.25, 0.3) is 0 Å². The van der Waals surface area contributed by atoms with E-state index in [1.54, 1.807) is 12.4 Å². The normalized spacial score (nSPS) is 12.6. The molecule has 0 saturated heterocycles. The first kappa shape index (κ1) is 12.2. The molecule has 0 saturated carbocycles.